The second-order valence-electron chi connectivity index (χ2n) is 8.25. The van der Waals surface area contributed by atoms with E-state index in [1.807, 2.05) is 34.8 Å². The van der Waals surface area contributed by atoms with Crippen molar-refractivity contribution >= 4 is 17.6 Å². The molecular weight excluding hydrogens is 416 g/mol. The Balaban J connectivity index is 1.38. The quantitative estimate of drug-likeness (QED) is 0.659. The van der Waals surface area contributed by atoms with Crippen LogP contribution in [-0.2, 0) is 20.0 Å². The summed E-state index contributed by atoms with van der Waals surface area (Å²) in [5.41, 5.74) is 3.36. The fourth-order valence-corrected chi connectivity index (χ4v) is 4.73. The summed E-state index contributed by atoms with van der Waals surface area (Å²) in [7, 11) is 1.91. The Bertz CT molecular complexity index is 1100. The smallest absolute Gasteiger partial charge is 0.317 e. The molecule has 2 aromatic heterocycles. The molecule has 31 heavy (non-hydrogen) atoms. The van der Waals surface area contributed by atoms with Gasteiger partial charge in [0, 0.05) is 37.3 Å². The number of halogens is 1. The third-order valence-electron chi connectivity index (χ3n) is 6.19. The van der Waals surface area contributed by atoms with Crippen molar-refractivity contribution in [2.75, 3.05) is 6.54 Å². The molecule has 5 rings (SSSR count). The highest BCUT2D eigenvalue weighted by Gasteiger charge is 2.30. The van der Waals surface area contributed by atoms with Crippen molar-refractivity contribution in [3.63, 3.8) is 0 Å². The highest BCUT2D eigenvalue weighted by molar-refractivity contribution is 6.33. The average Bonchev–Trinajstić information content (AvgIpc) is 3.39. The average molecular weight is 441 g/mol. The molecule has 0 saturated heterocycles. The van der Waals surface area contributed by atoms with E-state index in [4.69, 9.17) is 16.0 Å². The van der Waals surface area contributed by atoms with E-state index in [2.05, 4.69) is 20.6 Å². The molecule has 9 heteroatoms. The van der Waals surface area contributed by atoms with Gasteiger partial charge in [0.05, 0.1) is 17.1 Å². The molecule has 1 aromatic carbocycles. The molecule has 1 saturated carbocycles. The van der Waals surface area contributed by atoms with Crippen LogP contribution in [-0.4, -0.2) is 43.5 Å². The van der Waals surface area contributed by atoms with Gasteiger partial charge in [0.25, 0.3) is 5.89 Å². The Hall–Kier alpha value is -2.87. The molecular formula is C22H25ClN6O2. The summed E-state index contributed by atoms with van der Waals surface area (Å²) in [4.78, 5) is 14.7. The first-order valence-corrected chi connectivity index (χ1v) is 11.2. The lowest BCUT2D eigenvalue weighted by molar-refractivity contribution is 0.184. The van der Waals surface area contributed by atoms with E-state index < -0.39 is 0 Å². The number of carbonyl (C=O) groups is 1. The molecule has 0 bridgehead atoms. The number of carbonyl (C=O) groups excluding carboxylic acids is 1. The van der Waals surface area contributed by atoms with Crippen LogP contribution in [0.25, 0.3) is 23.0 Å². The van der Waals surface area contributed by atoms with Crippen LogP contribution in [0.2, 0.25) is 5.02 Å². The van der Waals surface area contributed by atoms with E-state index in [9.17, 15) is 4.79 Å². The molecule has 1 aliphatic carbocycles. The molecule has 0 radical (unpaired) electrons. The van der Waals surface area contributed by atoms with Gasteiger partial charge in [0.1, 0.15) is 0 Å². The Labute approximate surface area is 185 Å². The summed E-state index contributed by atoms with van der Waals surface area (Å²) in [5, 5.41) is 16.8. The summed E-state index contributed by atoms with van der Waals surface area (Å²) < 4.78 is 7.78. The Morgan fingerprint density at radius 3 is 2.74 bits per heavy atom. The van der Waals surface area contributed by atoms with E-state index in [0.29, 0.717) is 41.2 Å². The minimum absolute atomic E-state index is 0.00496. The standard InChI is InChI=1S/C22H25ClN6O2/c1-28-18-11-12-29(22(30)24-14-7-3-2-4-8-14)13-16(18)19(27-28)21-26-25-20(31-21)15-9-5-6-10-17(15)23/h5-6,9-10,14H,2-4,7-8,11-13H2,1H3,(H,24,30). The first-order valence-electron chi connectivity index (χ1n) is 10.8. The van der Waals surface area contributed by atoms with Crippen molar-refractivity contribution in [2.24, 2.45) is 7.05 Å². The third kappa shape index (κ3) is 3.92. The number of hydrogen-bond donors (Lipinski definition) is 1. The van der Waals surface area contributed by atoms with Gasteiger partial charge in [-0.1, -0.05) is 43.0 Å². The Morgan fingerprint density at radius 2 is 1.94 bits per heavy atom. The molecule has 2 aliphatic rings. The van der Waals surface area contributed by atoms with Crippen molar-refractivity contribution < 1.29 is 9.21 Å². The maximum atomic E-state index is 12.9. The first-order chi connectivity index (χ1) is 15.1. The van der Waals surface area contributed by atoms with E-state index in [1.54, 1.807) is 6.07 Å². The van der Waals surface area contributed by atoms with E-state index in [0.717, 1.165) is 30.5 Å². The number of fused-ring (bicyclic) bond motifs is 1. The van der Waals surface area contributed by atoms with Gasteiger partial charge in [-0.15, -0.1) is 10.2 Å². The fraction of sp³-hybridized carbons (Fsp3) is 0.455. The Morgan fingerprint density at radius 1 is 1.16 bits per heavy atom. The summed E-state index contributed by atoms with van der Waals surface area (Å²) in [6.45, 7) is 1.14. The third-order valence-corrected chi connectivity index (χ3v) is 6.52. The molecule has 1 aliphatic heterocycles. The summed E-state index contributed by atoms with van der Waals surface area (Å²) in [6.07, 6.45) is 6.51. The molecule has 0 atom stereocenters. The van der Waals surface area contributed by atoms with E-state index in [1.165, 1.54) is 19.3 Å². The SMILES string of the molecule is Cn1nc(-c2nnc(-c3ccccc3Cl)o2)c2c1CCN(C(=O)NC1CCCCC1)C2. The maximum absolute atomic E-state index is 12.9. The van der Waals surface area contributed by atoms with Crippen molar-refractivity contribution in [1.29, 1.82) is 0 Å². The van der Waals surface area contributed by atoms with Crippen LogP contribution in [0.3, 0.4) is 0 Å². The van der Waals surface area contributed by atoms with E-state index >= 15 is 0 Å². The van der Waals surface area contributed by atoms with Gasteiger partial charge >= 0.3 is 6.03 Å². The highest BCUT2D eigenvalue weighted by atomic mass is 35.5. The number of nitrogens with zero attached hydrogens (tertiary/aromatic N) is 5. The van der Waals surface area contributed by atoms with Gasteiger partial charge in [0.15, 0.2) is 5.69 Å². The van der Waals surface area contributed by atoms with Crippen LogP contribution in [0, 0.1) is 0 Å². The molecule has 3 heterocycles. The Kier molecular flexibility index (Phi) is 5.40. The number of benzene rings is 1. The fourth-order valence-electron chi connectivity index (χ4n) is 4.51. The molecule has 8 nitrogen and oxygen atoms in total. The van der Waals surface area contributed by atoms with Crippen molar-refractivity contribution in [3.05, 3.63) is 40.5 Å². The highest BCUT2D eigenvalue weighted by Crippen LogP contribution is 2.32. The first kappa shape index (κ1) is 20.1. The number of urea groups is 1. The minimum atomic E-state index is -0.00496. The van der Waals surface area contributed by atoms with Crippen LogP contribution in [0.1, 0.15) is 43.4 Å². The number of nitrogens with one attached hydrogen (secondary N) is 1. The summed E-state index contributed by atoms with van der Waals surface area (Å²) >= 11 is 6.27. The number of aryl methyl sites for hydroxylation is 1. The number of hydrogen-bond acceptors (Lipinski definition) is 5. The van der Waals surface area contributed by atoms with Crippen LogP contribution in [0.15, 0.2) is 28.7 Å². The zero-order valence-corrected chi connectivity index (χ0v) is 18.2. The second kappa shape index (κ2) is 8.34. The molecule has 1 N–H and O–H groups in total. The predicted molar refractivity (Wildman–Crippen MR) is 116 cm³/mol. The molecule has 0 unspecified atom stereocenters. The minimum Gasteiger partial charge on any atom is -0.414 e. The lowest BCUT2D eigenvalue weighted by atomic mass is 9.95. The van der Waals surface area contributed by atoms with Crippen LogP contribution < -0.4 is 5.32 Å². The van der Waals surface area contributed by atoms with Crippen molar-refractivity contribution in [1.82, 2.24) is 30.2 Å². The normalized spacial score (nSPS) is 16.9. The maximum Gasteiger partial charge on any atom is 0.317 e. The number of rotatable bonds is 3. The molecule has 0 spiro atoms. The van der Waals surface area contributed by atoms with Gasteiger partial charge < -0.3 is 14.6 Å². The largest absolute Gasteiger partial charge is 0.414 e. The second-order valence-corrected chi connectivity index (χ2v) is 8.65. The van der Waals surface area contributed by atoms with Gasteiger partial charge in [-0.05, 0) is 25.0 Å². The molecule has 162 valence electrons. The zero-order valence-electron chi connectivity index (χ0n) is 17.5. The lowest BCUT2D eigenvalue weighted by Crippen LogP contribution is -2.47. The van der Waals surface area contributed by atoms with E-state index in [-0.39, 0.29) is 12.1 Å². The molecule has 2 amide bonds. The van der Waals surface area contributed by atoms with Crippen LogP contribution >= 0.6 is 11.6 Å². The van der Waals surface area contributed by atoms with Gasteiger partial charge in [0.2, 0.25) is 5.89 Å². The molecule has 3 aromatic rings. The lowest BCUT2D eigenvalue weighted by Gasteiger charge is -2.31. The number of amides is 2. The van der Waals surface area contributed by atoms with Crippen LogP contribution in [0.4, 0.5) is 4.79 Å². The van der Waals surface area contributed by atoms with Crippen molar-refractivity contribution in [2.45, 2.75) is 51.1 Å². The monoisotopic (exact) mass is 440 g/mol. The predicted octanol–water partition coefficient (Wildman–Crippen LogP) is 4.19. The summed E-state index contributed by atoms with van der Waals surface area (Å²) in [6, 6.07) is 7.62. The van der Waals surface area contributed by atoms with Gasteiger partial charge in [-0.25, -0.2) is 4.79 Å². The zero-order chi connectivity index (χ0) is 21.4. The van der Waals surface area contributed by atoms with Crippen molar-refractivity contribution in [3.8, 4) is 23.0 Å². The van der Waals surface area contributed by atoms with Crippen LogP contribution in [0.5, 0.6) is 0 Å². The number of aromatic nitrogens is 4. The van der Waals surface area contributed by atoms with Gasteiger partial charge in [-0.2, -0.15) is 5.10 Å². The summed E-state index contributed by atoms with van der Waals surface area (Å²) in [5.74, 6) is 0.684. The molecule has 1 fully saturated rings. The van der Waals surface area contributed by atoms with Gasteiger partial charge in [-0.3, -0.25) is 4.68 Å². The topological polar surface area (TPSA) is 89.1 Å².